The van der Waals surface area contributed by atoms with E-state index in [2.05, 4.69) is 30.0 Å². The Morgan fingerprint density at radius 2 is 1.85 bits per heavy atom. The van der Waals surface area contributed by atoms with Crippen LogP contribution >= 0.6 is 0 Å². The number of aromatic nitrogens is 1. The van der Waals surface area contributed by atoms with Crippen molar-refractivity contribution in [3.63, 3.8) is 0 Å². The van der Waals surface area contributed by atoms with Crippen molar-refractivity contribution in [1.29, 1.82) is 0 Å². The molecule has 1 saturated heterocycles. The second-order valence-electron chi connectivity index (χ2n) is 5.68. The van der Waals surface area contributed by atoms with Crippen molar-refractivity contribution < 1.29 is 0 Å². The van der Waals surface area contributed by atoms with Gasteiger partial charge in [0.25, 0.3) is 0 Å². The van der Waals surface area contributed by atoms with Gasteiger partial charge in [0, 0.05) is 24.3 Å². The predicted molar refractivity (Wildman–Crippen MR) is 84.7 cm³/mol. The average molecular weight is 267 g/mol. The maximum Gasteiger partial charge on any atom is 0.129 e. The Bertz CT molecular complexity index is 586. The molecule has 1 aliphatic rings. The van der Waals surface area contributed by atoms with E-state index in [-0.39, 0.29) is 0 Å². The van der Waals surface area contributed by atoms with E-state index in [9.17, 15) is 0 Å². The molecular formula is C17H21N3. The van der Waals surface area contributed by atoms with Crippen molar-refractivity contribution in [3.05, 3.63) is 42.5 Å². The second kappa shape index (κ2) is 5.53. The Morgan fingerprint density at radius 1 is 1.10 bits per heavy atom. The van der Waals surface area contributed by atoms with Crippen molar-refractivity contribution in [3.8, 4) is 11.3 Å². The normalized spacial score (nSPS) is 16.4. The molecule has 3 nitrogen and oxygen atoms in total. The fraction of sp³-hybridized carbons (Fsp3) is 0.353. The van der Waals surface area contributed by atoms with Gasteiger partial charge in [0.2, 0.25) is 0 Å². The van der Waals surface area contributed by atoms with Crippen LogP contribution in [-0.4, -0.2) is 18.1 Å². The highest BCUT2D eigenvalue weighted by Crippen LogP contribution is 2.25. The first kappa shape index (κ1) is 13.0. The van der Waals surface area contributed by atoms with Gasteiger partial charge in [-0.15, -0.1) is 0 Å². The summed E-state index contributed by atoms with van der Waals surface area (Å²) in [5.41, 5.74) is 8.71. The van der Waals surface area contributed by atoms with Gasteiger partial charge in [-0.2, -0.15) is 0 Å². The number of piperidine rings is 1. The van der Waals surface area contributed by atoms with Crippen LogP contribution in [-0.2, 0) is 0 Å². The number of hydrogen-bond acceptors (Lipinski definition) is 3. The zero-order valence-electron chi connectivity index (χ0n) is 11.9. The summed E-state index contributed by atoms with van der Waals surface area (Å²) in [7, 11) is 0. The molecule has 104 valence electrons. The van der Waals surface area contributed by atoms with E-state index in [4.69, 9.17) is 10.7 Å². The number of rotatable bonds is 2. The monoisotopic (exact) mass is 267 g/mol. The minimum atomic E-state index is 0.779. The van der Waals surface area contributed by atoms with Crippen molar-refractivity contribution in [2.24, 2.45) is 5.92 Å². The van der Waals surface area contributed by atoms with Gasteiger partial charge in [-0.05, 0) is 43.0 Å². The van der Waals surface area contributed by atoms with Crippen LogP contribution in [0.1, 0.15) is 19.8 Å². The van der Waals surface area contributed by atoms with E-state index in [0.717, 1.165) is 41.8 Å². The minimum absolute atomic E-state index is 0.779. The largest absolute Gasteiger partial charge is 0.399 e. The average Bonchev–Trinajstić information content (AvgIpc) is 2.48. The van der Waals surface area contributed by atoms with E-state index in [1.807, 2.05) is 24.3 Å². The van der Waals surface area contributed by atoms with E-state index >= 15 is 0 Å². The fourth-order valence-electron chi connectivity index (χ4n) is 2.70. The molecule has 2 N–H and O–H groups in total. The smallest absolute Gasteiger partial charge is 0.129 e. The molecular weight excluding hydrogens is 246 g/mol. The lowest BCUT2D eigenvalue weighted by Crippen LogP contribution is -2.33. The van der Waals surface area contributed by atoms with Crippen molar-refractivity contribution in [2.75, 3.05) is 23.7 Å². The molecule has 3 heteroatoms. The first-order valence-electron chi connectivity index (χ1n) is 7.30. The summed E-state index contributed by atoms with van der Waals surface area (Å²) in [4.78, 5) is 7.19. The molecule has 0 amide bonds. The number of anilines is 2. The molecule has 3 rings (SSSR count). The molecule has 1 fully saturated rings. The molecule has 0 saturated carbocycles. The lowest BCUT2D eigenvalue weighted by Gasteiger charge is -2.31. The molecule has 0 spiro atoms. The quantitative estimate of drug-likeness (QED) is 0.846. The molecule has 0 aliphatic carbocycles. The SMILES string of the molecule is CC1CCN(c2cccc(-c3cccc(N)c3)n2)CC1. The highest BCUT2D eigenvalue weighted by Gasteiger charge is 2.17. The second-order valence-corrected chi connectivity index (χ2v) is 5.68. The van der Waals surface area contributed by atoms with Crippen LogP contribution in [0.2, 0.25) is 0 Å². The first-order valence-corrected chi connectivity index (χ1v) is 7.30. The Labute approximate surface area is 120 Å². The van der Waals surface area contributed by atoms with E-state index in [1.165, 1.54) is 12.8 Å². The van der Waals surface area contributed by atoms with Crippen molar-refractivity contribution in [1.82, 2.24) is 4.98 Å². The van der Waals surface area contributed by atoms with E-state index in [1.54, 1.807) is 0 Å². The first-order chi connectivity index (χ1) is 9.72. The summed E-state index contributed by atoms with van der Waals surface area (Å²) in [6.07, 6.45) is 2.51. The van der Waals surface area contributed by atoms with Crippen LogP contribution in [0, 0.1) is 5.92 Å². The Morgan fingerprint density at radius 3 is 2.60 bits per heavy atom. The maximum absolute atomic E-state index is 5.85. The number of benzene rings is 1. The van der Waals surface area contributed by atoms with Gasteiger partial charge in [-0.25, -0.2) is 4.98 Å². The molecule has 2 heterocycles. The third-order valence-corrected chi connectivity index (χ3v) is 4.02. The third kappa shape index (κ3) is 2.77. The summed E-state index contributed by atoms with van der Waals surface area (Å²) in [6, 6.07) is 14.1. The van der Waals surface area contributed by atoms with E-state index < -0.39 is 0 Å². The number of nitrogens with zero attached hydrogens (tertiary/aromatic N) is 2. The molecule has 1 aliphatic heterocycles. The van der Waals surface area contributed by atoms with Gasteiger partial charge in [-0.3, -0.25) is 0 Å². The van der Waals surface area contributed by atoms with Crippen LogP contribution in [0.3, 0.4) is 0 Å². The lowest BCUT2D eigenvalue weighted by atomic mass is 9.99. The van der Waals surface area contributed by atoms with Crippen LogP contribution in [0.5, 0.6) is 0 Å². The topological polar surface area (TPSA) is 42.1 Å². The predicted octanol–water partition coefficient (Wildman–Crippen LogP) is 3.57. The minimum Gasteiger partial charge on any atom is -0.399 e. The van der Waals surface area contributed by atoms with Crippen LogP contribution < -0.4 is 10.6 Å². The Kier molecular flexibility index (Phi) is 3.59. The summed E-state index contributed by atoms with van der Waals surface area (Å²) in [5.74, 6) is 1.92. The number of nitrogens with two attached hydrogens (primary N) is 1. The van der Waals surface area contributed by atoms with Crippen LogP contribution in [0.4, 0.5) is 11.5 Å². The van der Waals surface area contributed by atoms with Crippen molar-refractivity contribution >= 4 is 11.5 Å². The van der Waals surface area contributed by atoms with Gasteiger partial charge < -0.3 is 10.6 Å². The molecule has 0 unspecified atom stereocenters. The van der Waals surface area contributed by atoms with Gasteiger partial charge >= 0.3 is 0 Å². The van der Waals surface area contributed by atoms with Gasteiger partial charge in [-0.1, -0.05) is 25.1 Å². The zero-order chi connectivity index (χ0) is 13.9. The molecule has 1 aromatic carbocycles. The highest BCUT2D eigenvalue weighted by atomic mass is 15.2. The number of pyridine rings is 1. The van der Waals surface area contributed by atoms with Gasteiger partial charge in [0.15, 0.2) is 0 Å². The third-order valence-electron chi connectivity index (χ3n) is 4.02. The number of nitrogen functional groups attached to an aromatic ring is 1. The zero-order valence-corrected chi connectivity index (χ0v) is 11.9. The fourth-order valence-corrected chi connectivity index (χ4v) is 2.70. The maximum atomic E-state index is 5.85. The highest BCUT2D eigenvalue weighted by molar-refractivity contribution is 5.65. The summed E-state index contributed by atoms with van der Waals surface area (Å²) in [5, 5.41) is 0. The van der Waals surface area contributed by atoms with Crippen LogP contribution in [0.15, 0.2) is 42.5 Å². The lowest BCUT2D eigenvalue weighted by molar-refractivity contribution is 0.436. The van der Waals surface area contributed by atoms with Gasteiger partial charge in [0.1, 0.15) is 5.82 Å². The van der Waals surface area contributed by atoms with E-state index in [0.29, 0.717) is 0 Å². The molecule has 0 radical (unpaired) electrons. The van der Waals surface area contributed by atoms with Crippen molar-refractivity contribution in [2.45, 2.75) is 19.8 Å². The number of hydrogen-bond donors (Lipinski definition) is 1. The van der Waals surface area contributed by atoms with Crippen LogP contribution in [0.25, 0.3) is 11.3 Å². The summed E-state index contributed by atoms with van der Waals surface area (Å²) < 4.78 is 0. The Hall–Kier alpha value is -2.03. The molecule has 20 heavy (non-hydrogen) atoms. The summed E-state index contributed by atoms with van der Waals surface area (Å²) in [6.45, 7) is 4.54. The summed E-state index contributed by atoms with van der Waals surface area (Å²) >= 11 is 0. The molecule has 2 aromatic rings. The molecule has 0 bridgehead atoms. The standard InChI is InChI=1S/C17H21N3/c1-13-8-10-20(11-9-13)17-7-3-6-16(19-17)14-4-2-5-15(18)12-14/h2-7,12-13H,8-11,18H2,1H3. The molecule has 0 atom stereocenters. The van der Waals surface area contributed by atoms with Gasteiger partial charge in [0.05, 0.1) is 5.69 Å². The Balaban J connectivity index is 1.86. The molecule has 1 aromatic heterocycles.